The van der Waals surface area contributed by atoms with Crippen molar-refractivity contribution >= 4 is 15.9 Å². The van der Waals surface area contributed by atoms with Crippen LogP contribution in [-0.4, -0.2) is 63.1 Å². The van der Waals surface area contributed by atoms with E-state index in [2.05, 4.69) is 10.2 Å². The molecule has 7 nitrogen and oxygen atoms in total. The summed E-state index contributed by atoms with van der Waals surface area (Å²) in [6.45, 7) is 3.50. The topological polar surface area (TPSA) is 79.0 Å². The maximum Gasteiger partial charge on any atom is 0.251 e. The number of carbonyl (C=O) groups is 1. The van der Waals surface area contributed by atoms with Gasteiger partial charge in [-0.3, -0.25) is 9.69 Å². The van der Waals surface area contributed by atoms with Crippen LogP contribution in [0.3, 0.4) is 0 Å². The van der Waals surface area contributed by atoms with Crippen LogP contribution in [0.1, 0.15) is 21.5 Å². The molecule has 0 spiro atoms. The van der Waals surface area contributed by atoms with Crippen molar-refractivity contribution in [3.63, 3.8) is 0 Å². The van der Waals surface area contributed by atoms with Crippen LogP contribution < -0.4 is 10.1 Å². The lowest BCUT2D eigenvalue weighted by atomic mass is 10.1. The molecule has 0 saturated carbocycles. The number of piperazine rings is 1. The first kappa shape index (κ1) is 21.3. The summed E-state index contributed by atoms with van der Waals surface area (Å²) >= 11 is 0. The summed E-state index contributed by atoms with van der Waals surface area (Å²) in [4.78, 5) is 14.7. The van der Waals surface area contributed by atoms with Gasteiger partial charge in [0.25, 0.3) is 5.91 Å². The minimum Gasteiger partial charge on any atom is -0.497 e. The minimum atomic E-state index is -3.13. The first-order valence-corrected chi connectivity index (χ1v) is 11.4. The summed E-state index contributed by atoms with van der Waals surface area (Å²) in [5, 5.41) is 2.94. The molecule has 156 valence electrons. The molecule has 8 heteroatoms. The Bertz CT molecular complexity index is 937. The van der Waals surface area contributed by atoms with Crippen molar-refractivity contribution < 1.29 is 17.9 Å². The first-order valence-electron chi connectivity index (χ1n) is 9.53. The van der Waals surface area contributed by atoms with Crippen LogP contribution in [0.4, 0.5) is 0 Å². The second kappa shape index (κ2) is 9.39. The Kier molecular flexibility index (Phi) is 6.89. The SMILES string of the molecule is COc1ccc(CNC(=O)c2cccc(CN3CCN(S(C)(=O)=O)CC3)c2)cc1. The van der Waals surface area contributed by atoms with Crippen LogP contribution in [0.5, 0.6) is 5.75 Å². The fourth-order valence-electron chi connectivity index (χ4n) is 3.32. The van der Waals surface area contributed by atoms with Crippen LogP contribution in [0.2, 0.25) is 0 Å². The summed E-state index contributed by atoms with van der Waals surface area (Å²) in [5.41, 5.74) is 2.65. The van der Waals surface area contributed by atoms with Crippen molar-refractivity contribution in [3.8, 4) is 5.75 Å². The van der Waals surface area contributed by atoms with E-state index in [-0.39, 0.29) is 5.91 Å². The Morgan fingerprint density at radius 1 is 1.03 bits per heavy atom. The van der Waals surface area contributed by atoms with Gasteiger partial charge in [-0.15, -0.1) is 0 Å². The molecular weight excluding hydrogens is 390 g/mol. The van der Waals surface area contributed by atoms with Gasteiger partial charge in [-0.25, -0.2) is 8.42 Å². The molecule has 1 N–H and O–H groups in total. The van der Waals surface area contributed by atoms with E-state index in [0.717, 1.165) is 16.9 Å². The second-order valence-electron chi connectivity index (χ2n) is 7.17. The molecule has 29 heavy (non-hydrogen) atoms. The predicted molar refractivity (Wildman–Crippen MR) is 112 cm³/mol. The van der Waals surface area contributed by atoms with Crippen LogP contribution in [0, 0.1) is 0 Å². The van der Waals surface area contributed by atoms with Crippen molar-refractivity contribution in [2.24, 2.45) is 0 Å². The molecular formula is C21H27N3O4S. The van der Waals surface area contributed by atoms with E-state index in [9.17, 15) is 13.2 Å². The van der Waals surface area contributed by atoms with E-state index in [4.69, 9.17) is 4.74 Å². The molecule has 3 rings (SSSR count). The van der Waals surface area contributed by atoms with Gasteiger partial charge in [0.15, 0.2) is 0 Å². The molecule has 0 aliphatic carbocycles. The van der Waals surface area contributed by atoms with E-state index in [1.165, 1.54) is 10.6 Å². The van der Waals surface area contributed by atoms with Gasteiger partial charge in [0, 0.05) is 44.8 Å². The number of nitrogens with zero attached hydrogens (tertiary/aromatic N) is 2. The van der Waals surface area contributed by atoms with Crippen LogP contribution in [-0.2, 0) is 23.1 Å². The van der Waals surface area contributed by atoms with Gasteiger partial charge in [-0.05, 0) is 35.4 Å². The van der Waals surface area contributed by atoms with E-state index in [1.54, 1.807) is 13.2 Å². The van der Waals surface area contributed by atoms with Crippen molar-refractivity contribution in [2.75, 3.05) is 39.5 Å². The Morgan fingerprint density at radius 2 is 1.72 bits per heavy atom. The summed E-state index contributed by atoms with van der Waals surface area (Å²) < 4.78 is 29.9. The number of ether oxygens (including phenoxy) is 1. The fraction of sp³-hybridized carbons (Fsp3) is 0.381. The normalized spacial score (nSPS) is 15.8. The van der Waals surface area contributed by atoms with Crippen molar-refractivity contribution in [1.29, 1.82) is 0 Å². The third-order valence-corrected chi connectivity index (χ3v) is 6.31. The van der Waals surface area contributed by atoms with Crippen molar-refractivity contribution in [2.45, 2.75) is 13.1 Å². The molecule has 0 aromatic heterocycles. The number of benzene rings is 2. The van der Waals surface area contributed by atoms with E-state index >= 15 is 0 Å². The van der Waals surface area contributed by atoms with E-state index in [0.29, 0.717) is 44.8 Å². The standard InChI is InChI=1S/C21H27N3O4S/c1-28-20-8-6-17(7-9-20)15-22-21(25)19-5-3-4-18(14-19)16-23-10-12-24(13-11-23)29(2,26)27/h3-9,14H,10-13,15-16H2,1-2H3,(H,22,25). The Hall–Kier alpha value is -2.42. The molecule has 1 aliphatic rings. The molecule has 1 aliphatic heterocycles. The lowest BCUT2D eigenvalue weighted by molar-refractivity contribution is 0.0950. The number of amides is 1. The molecule has 0 atom stereocenters. The highest BCUT2D eigenvalue weighted by Gasteiger charge is 2.23. The number of rotatable bonds is 7. The molecule has 2 aromatic rings. The zero-order valence-corrected chi connectivity index (χ0v) is 17.6. The predicted octanol–water partition coefficient (Wildman–Crippen LogP) is 1.70. The van der Waals surface area contributed by atoms with Crippen LogP contribution in [0.25, 0.3) is 0 Å². The van der Waals surface area contributed by atoms with Crippen LogP contribution >= 0.6 is 0 Å². The van der Waals surface area contributed by atoms with Gasteiger partial charge < -0.3 is 10.1 Å². The zero-order valence-electron chi connectivity index (χ0n) is 16.8. The fourth-order valence-corrected chi connectivity index (χ4v) is 4.14. The zero-order chi connectivity index (χ0) is 20.9. The Morgan fingerprint density at radius 3 is 2.34 bits per heavy atom. The van der Waals surface area contributed by atoms with Crippen molar-refractivity contribution in [1.82, 2.24) is 14.5 Å². The van der Waals surface area contributed by atoms with Gasteiger partial charge in [0.2, 0.25) is 10.0 Å². The maximum absolute atomic E-state index is 12.5. The van der Waals surface area contributed by atoms with Gasteiger partial charge in [0.05, 0.1) is 13.4 Å². The number of carbonyl (C=O) groups excluding carboxylic acids is 1. The smallest absolute Gasteiger partial charge is 0.251 e. The number of methoxy groups -OCH3 is 1. The molecule has 1 saturated heterocycles. The lowest BCUT2D eigenvalue weighted by Crippen LogP contribution is -2.47. The summed E-state index contributed by atoms with van der Waals surface area (Å²) in [6, 6.07) is 15.1. The summed E-state index contributed by atoms with van der Waals surface area (Å²) in [6.07, 6.45) is 1.25. The first-order chi connectivity index (χ1) is 13.8. The van der Waals surface area contributed by atoms with E-state index in [1.807, 2.05) is 42.5 Å². The number of hydrogen-bond donors (Lipinski definition) is 1. The average molecular weight is 418 g/mol. The minimum absolute atomic E-state index is 0.121. The number of sulfonamides is 1. The highest BCUT2D eigenvalue weighted by atomic mass is 32.2. The summed E-state index contributed by atoms with van der Waals surface area (Å²) in [7, 11) is -1.51. The van der Waals surface area contributed by atoms with Crippen LogP contribution in [0.15, 0.2) is 48.5 Å². The molecule has 0 bridgehead atoms. The molecule has 1 heterocycles. The average Bonchev–Trinajstić information content (AvgIpc) is 2.72. The summed E-state index contributed by atoms with van der Waals surface area (Å²) in [5.74, 6) is 0.662. The highest BCUT2D eigenvalue weighted by Crippen LogP contribution is 2.14. The van der Waals surface area contributed by atoms with E-state index < -0.39 is 10.0 Å². The largest absolute Gasteiger partial charge is 0.497 e. The molecule has 1 fully saturated rings. The third kappa shape index (κ3) is 6.03. The quantitative estimate of drug-likeness (QED) is 0.742. The number of hydrogen-bond acceptors (Lipinski definition) is 5. The molecule has 2 aromatic carbocycles. The maximum atomic E-state index is 12.5. The molecule has 1 amide bonds. The lowest BCUT2D eigenvalue weighted by Gasteiger charge is -2.33. The Labute approximate surface area is 172 Å². The van der Waals surface area contributed by atoms with Gasteiger partial charge in [-0.1, -0.05) is 24.3 Å². The van der Waals surface area contributed by atoms with Gasteiger partial charge in [-0.2, -0.15) is 4.31 Å². The highest BCUT2D eigenvalue weighted by molar-refractivity contribution is 7.88. The Balaban J connectivity index is 1.54. The molecule has 0 radical (unpaired) electrons. The van der Waals surface area contributed by atoms with Gasteiger partial charge in [0.1, 0.15) is 5.75 Å². The monoisotopic (exact) mass is 417 g/mol. The van der Waals surface area contributed by atoms with Crippen molar-refractivity contribution in [3.05, 3.63) is 65.2 Å². The number of nitrogens with one attached hydrogen (secondary N) is 1. The third-order valence-electron chi connectivity index (χ3n) is 5.01. The second-order valence-corrected chi connectivity index (χ2v) is 9.15. The van der Waals surface area contributed by atoms with Gasteiger partial charge >= 0.3 is 0 Å². The molecule has 0 unspecified atom stereocenters.